The van der Waals surface area contributed by atoms with Crippen molar-refractivity contribution < 1.29 is 4.74 Å². The summed E-state index contributed by atoms with van der Waals surface area (Å²) in [4.78, 5) is 4.94. The summed E-state index contributed by atoms with van der Waals surface area (Å²) in [6.07, 6.45) is 0. The van der Waals surface area contributed by atoms with Gasteiger partial charge in [-0.15, -0.1) is 0 Å². The number of methoxy groups -OCH3 is 1. The molecule has 2 heterocycles. The third-order valence-corrected chi connectivity index (χ3v) is 5.33. The van der Waals surface area contributed by atoms with Crippen LogP contribution in [-0.2, 0) is 7.05 Å². The summed E-state index contributed by atoms with van der Waals surface area (Å²) in [7, 11) is 3.92. The molecule has 0 amide bonds. The molecule has 1 fully saturated rings. The number of fused-ring (bicyclic) bond motifs is 1. The van der Waals surface area contributed by atoms with E-state index in [0.29, 0.717) is 0 Å². The fourth-order valence-electron chi connectivity index (χ4n) is 4.07. The van der Waals surface area contributed by atoms with Gasteiger partial charge in [-0.05, 0) is 30.7 Å². The number of ether oxygens (including phenoxy) is 1. The molecule has 4 heteroatoms. The quantitative estimate of drug-likeness (QED) is 0.726. The number of piperazine rings is 1. The number of rotatable bonds is 3. The standard InChI is InChI=1S/C21H25N3O/c1-16-17-8-4-5-9-18(17)22(2)21(16)24-14-12-23(13-15-24)19-10-6-7-11-20(19)25-3/h4-11H,12-15H2,1-3H3. The van der Waals surface area contributed by atoms with Crippen molar-refractivity contribution >= 4 is 22.4 Å². The van der Waals surface area contributed by atoms with Gasteiger partial charge in [-0.2, -0.15) is 0 Å². The number of para-hydroxylation sites is 3. The van der Waals surface area contributed by atoms with Crippen LogP contribution < -0.4 is 14.5 Å². The Bertz CT molecular complexity index is 852. The summed E-state index contributed by atoms with van der Waals surface area (Å²) in [5.74, 6) is 2.30. The van der Waals surface area contributed by atoms with Gasteiger partial charge in [0, 0.05) is 44.1 Å². The van der Waals surface area contributed by atoms with E-state index in [1.54, 1.807) is 7.11 Å². The number of hydrogen-bond donors (Lipinski definition) is 0. The number of anilines is 2. The maximum atomic E-state index is 5.53. The van der Waals surface area contributed by atoms with Crippen LogP contribution in [0.2, 0.25) is 0 Å². The molecular weight excluding hydrogens is 310 g/mol. The molecule has 4 nitrogen and oxygen atoms in total. The first-order chi connectivity index (χ1) is 12.2. The summed E-state index contributed by atoms with van der Waals surface area (Å²) in [5.41, 5.74) is 3.88. The Morgan fingerprint density at radius 2 is 1.48 bits per heavy atom. The number of aromatic nitrogens is 1. The van der Waals surface area contributed by atoms with Crippen LogP contribution in [0.4, 0.5) is 11.5 Å². The van der Waals surface area contributed by atoms with Gasteiger partial charge in [0.2, 0.25) is 0 Å². The highest BCUT2D eigenvalue weighted by Gasteiger charge is 2.23. The van der Waals surface area contributed by atoms with Crippen LogP contribution in [0.15, 0.2) is 48.5 Å². The van der Waals surface area contributed by atoms with Crippen molar-refractivity contribution in [3.63, 3.8) is 0 Å². The first-order valence-electron chi connectivity index (χ1n) is 8.87. The van der Waals surface area contributed by atoms with Gasteiger partial charge in [-0.1, -0.05) is 30.3 Å². The average Bonchev–Trinajstić information content (AvgIpc) is 2.93. The first kappa shape index (κ1) is 15.9. The molecule has 0 unspecified atom stereocenters. The van der Waals surface area contributed by atoms with Crippen molar-refractivity contribution in [2.75, 3.05) is 43.1 Å². The van der Waals surface area contributed by atoms with Gasteiger partial charge in [0.1, 0.15) is 11.6 Å². The molecule has 3 aromatic rings. The van der Waals surface area contributed by atoms with E-state index in [9.17, 15) is 0 Å². The van der Waals surface area contributed by atoms with Gasteiger partial charge in [-0.25, -0.2) is 0 Å². The SMILES string of the molecule is COc1ccccc1N1CCN(c2c(C)c3ccccc3n2C)CC1. The number of benzene rings is 2. The van der Waals surface area contributed by atoms with Crippen LogP contribution in [0, 0.1) is 6.92 Å². The highest BCUT2D eigenvalue weighted by atomic mass is 16.5. The molecule has 4 rings (SSSR count). The van der Waals surface area contributed by atoms with Crippen LogP contribution in [-0.4, -0.2) is 37.9 Å². The Kier molecular flexibility index (Phi) is 4.04. The van der Waals surface area contributed by atoms with E-state index in [2.05, 4.69) is 64.7 Å². The van der Waals surface area contributed by atoms with Crippen LogP contribution in [0.5, 0.6) is 5.75 Å². The normalized spacial score (nSPS) is 15.0. The van der Waals surface area contributed by atoms with Crippen molar-refractivity contribution in [1.82, 2.24) is 4.57 Å². The first-order valence-corrected chi connectivity index (χ1v) is 8.87. The summed E-state index contributed by atoms with van der Waals surface area (Å²) >= 11 is 0. The molecule has 130 valence electrons. The van der Waals surface area contributed by atoms with Crippen molar-refractivity contribution in [3.8, 4) is 5.75 Å². The molecule has 1 aromatic heterocycles. The van der Waals surface area contributed by atoms with Gasteiger partial charge in [0.15, 0.2) is 0 Å². The molecule has 1 aliphatic rings. The molecule has 0 radical (unpaired) electrons. The molecular formula is C21H25N3O. The molecule has 0 aliphatic carbocycles. The summed E-state index contributed by atoms with van der Waals surface area (Å²) in [6.45, 7) is 6.28. The summed E-state index contributed by atoms with van der Waals surface area (Å²) in [6, 6.07) is 17.0. The molecule has 0 bridgehead atoms. The molecule has 1 aliphatic heterocycles. The lowest BCUT2D eigenvalue weighted by molar-refractivity contribution is 0.413. The van der Waals surface area contributed by atoms with Crippen LogP contribution in [0.25, 0.3) is 10.9 Å². The topological polar surface area (TPSA) is 20.6 Å². The highest BCUT2D eigenvalue weighted by Crippen LogP contribution is 2.33. The zero-order chi connectivity index (χ0) is 17.4. The summed E-state index contributed by atoms with van der Waals surface area (Å²) in [5, 5.41) is 1.35. The monoisotopic (exact) mass is 335 g/mol. The van der Waals surface area contributed by atoms with E-state index in [0.717, 1.165) is 31.9 Å². The minimum Gasteiger partial charge on any atom is -0.495 e. The van der Waals surface area contributed by atoms with E-state index < -0.39 is 0 Å². The molecule has 0 atom stereocenters. The molecule has 0 saturated carbocycles. The lowest BCUT2D eigenvalue weighted by atomic mass is 10.1. The Morgan fingerprint density at radius 3 is 2.20 bits per heavy atom. The molecule has 2 aromatic carbocycles. The second-order valence-electron chi connectivity index (χ2n) is 6.67. The van der Waals surface area contributed by atoms with E-state index >= 15 is 0 Å². The zero-order valence-corrected chi connectivity index (χ0v) is 15.2. The predicted octanol–water partition coefficient (Wildman–Crippen LogP) is 3.82. The lowest BCUT2D eigenvalue weighted by Crippen LogP contribution is -2.47. The maximum Gasteiger partial charge on any atom is 0.142 e. The number of aryl methyl sites for hydroxylation is 2. The third kappa shape index (κ3) is 2.62. The minimum absolute atomic E-state index is 0.955. The van der Waals surface area contributed by atoms with Crippen LogP contribution in [0.3, 0.4) is 0 Å². The Hall–Kier alpha value is -2.62. The third-order valence-electron chi connectivity index (χ3n) is 5.33. The summed E-state index contributed by atoms with van der Waals surface area (Å²) < 4.78 is 7.87. The molecule has 25 heavy (non-hydrogen) atoms. The van der Waals surface area contributed by atoms with Crippen LogP contribution >= 0.6 is 0 Å². The van der Waals surface area contributed by atoms with E-state index in [1.165, 1.54) is 28.0 Å². The Balaban J connectivity index is 1.59. The largest absolute Gasteiger partial charge is 0.495 e. The Morgan fingerprint density at radius 1 is 0.840 bits per heavy atom. The van der Waals surface area contributed by atoms with Gasteiger partial charge in [0.25, 0.3) is 0 Å². The van der Waals surface area contributed by atoms with Crippen molar-refractivity contribution in [2.45, 2.75) is 6.92 Å². The molecule has 1 saturated heterocycles. The van der Waals surface area contributed by atoms with E-state index in [-0.39, 0.29) is 0 Å². The van der Waals surface area contributed by atoms with Crippen molar-refractivity contribution in [3.05, 3.63) is 54.1 Å². The Labute approximate surface area is 149 Å². The second kappa shape index (κ2) is 6.36. The van der Waals surface area contributed by atoms with Crippen LogP contribution in [0.1, 0.15) is 5.56 Å². The molecule has 0 spiro atoms. The average molecular weight is 335 g/mol. The van der Waals surface area contributed by atoms with E-state index in [1.807, 2.05) is 12.1 Å². The smallest absolute Gasteiger partial charge is 0.142 e. The maximum absolute atomic E-state index is 5.53. The zero-order valence-electron chi connectivity index (χ0n) is 15.2. The second-order valence-corrected chi connectivity index (χ2v) is 6.67. The predicted molar refractivity (Wildman–Crippen MR) is 105 cm³/mol. The molecule has 0 N–H and O–H groups in total. The van der Waals surface area contributed by atoms with Gasteiger partial charge >= 0.3 is 0 Å². The van der Waals surface area contributed by atoms with Gasteiger partial charge < -0.3 is 19.1 Å². The fourth-order valence-corrected chi connectivity index (χ4v) is 4.07. The van der Waals surface area contributed by atoms with E-state index in [4.69, 9.17) is 4.74 Å². The number of hydrogen-bond acceptors (Lipinski definition) is 3. The highest BCUT2D eigenvalue weighted by molar-refractivity contribution is 5.89. The lowest BCUT2D eigenvalue weighted by Gasteiger charge is -2.38. The number of nitrogens with zero attached hydrogens (tertiary/aromatic N) is 3. The van der Waals surface area contributed by atoms with Gasteiger partial charge in [0.05, 0.1) is 12.8 Å². The van der Waals surface area contributed by atoms with Gasteiger partial charge in [-0.3, -0.25) is 0 Å². The van der Waals surface area contributed by atoms with Crippen molar-refractivity contribution in [2.24, 2.45) is 7.05 Å². The minimum atomic E-state index is 0.955. The van der Waals surface area contributed by atoms with Crippen molar-refractivity contribution in [1.29, 1.82) is 0 Å². The fraction of sp³-hybridized carbons (Fsp3) is 0.333.